The molecule has 0 radical (unpaired) electrons. The summed E-state index contributed by atoms with van der Waals surface area (Å²) < 4.78 is 34.4. The molecule has 0 spiro atoms. The van der Waals surface area contributed by atoms with E-state index < -0.39 is 28.4 Å². The molecule has 9 heteroatoms. The number of fused-ring (bicyclic) bond motifs is 1. The average molecular weight is 497 g/mol. The molecule has 0 N–H and O–H groups in total. The summed E-state index contributed by atoms with van der Waals surface area (Å²) in [4.78, 5) is 25.8. The van der Waals surface area contributed by atoms with Gasteiger partial charge in [-0.3, -0.25) is 13.7 Å². The van der Waals surface area contributed by atoms with Crippen molar-refractivity contribution in [2.45, 2.75) is 11.8 Å². The number of anilines is 1. The minimum Gasteiger partial charge on any atom is -0.465 e. The predicted molar refractivity (Wildman–Crippen MR) is 131 cm³/mol. The van der Waals surface area contributed by atoms with Gasteiger partial charge >= 0.3 is 5.97 Å². The number of methoxy groups -OCH3 is 1. The monoisotopic (exact) mass is 496 g/mol. The first-order valence-corrected chi connectivity index (χ1v) is 12.1. The Hall–Kier alpha value is -3.62. The molecule has 3 aromatic carbocycles. The Morgan fingerprint density at radius 2 is 1.65 bits per heavy atom. The summed E-state index contributed by atoms with van der Waals surface area (Å²) in [6.45, 7) is 1.17. The molecule has 0 atom stereocenters. The van der Waals surface area contributed by atoms with Crippen LogP contribution in [0, 0.1) is 6.92 Å². The lowest BCUT2D eigenvalue weighted by atomic mass is 10.2. The van der Waals surface area contributed by atoms with Crippen molar-refractivity contribution in [3.63, 3.8) is 0 Å². The van der Waals surface area contributed by atoms with Crippen LogP contribution in [-0.4, -0.2) is 38.5 Å². The van der Waals surface area contributed by atoms with Crippen molar-refractivity contribution in [2.24, 2.45) is 0 Å². The topological polar surface area (TPSA) is 85.7 Å². The molecule has 7 nitrogen and oxygen atoms in total. The van der Waals surface area contributed by atoms with Crippen LogP contribution in [0.5, 0.6) is 0 Å². The second-order valence-corrected chi connectivity index (χ2v) is 9.79. The number of rotatable bonds is 6. The van der Waals surface area contributed by atoms with E-state index in [0.717, 1.165) is 4.31 Å². The van der Waals surface area contributed by atoms with Crippen LogP contribution in [0.4, 0.5) is 5.69 Å². The number of benzene rings is 3. The smallest absolute Gasteiger partial charge is 0.340 e. The van der Waals surface area contributed by atoms with Crippen molar-refractivity contribution in [3.05, 3.63) is 95.1 Å². The fourth-order valence-electron chi connectivity index (χ4n) is 3.74. The van der Waals surface area contributed by atoms with Crippen molar-refractivity contribution in [2.75, 3.05) is 18.0 Å². The van der Waals surface area contributed by atoms with Crippen LogP contribution in [0.15, 0.2) is 83.9 Å². The predicted octanol–water partition coefficient (Wildman–Crippen LogP) is 4.93. The third-order valence-corrected chi connectivity index (χ3v) is 7.69. The van der Waals surface area contributed by atoms with Gasteiger partial charge in [-0.1, -0.05) is 54.1 Å². The minimum atomic E-state index is -4.12. The van der Waals surface area contributed by atoms with Gasteiger partial charge in [-0.05, 0) is 42.8 Å². The molecule has 0 fully saturated rings. The largest absolute Gasteiger partial charge is 0.465 e. The number of carbonyl (C=O) groups excluding carboxylic acids is 2. The van der Waals surface area contributed by atoms with E-state index in [1.165, 1.54) is 30.0 Å². The number of hydrogen-bond acceptors (Lipinski definition) is 5. The molecule has 0 aliphatic rings. The van der Waals surface area contributed by atoms with E-state index >= 15 is 0 Å². The van der Waals surface area contributed by atoms with Crippen LogP contribution in [-0.2, 0) is 14.8 Å². The van der Waals surface area contributed by atoms with Gasteiger partial charge in [0.25, 0.3) is 15.9 Å². The molecular weight excluding hydrogens is 476 g/mol. The van der Waals surface area contributed by atoms with E-state index in [-0.39, 0.29) is 16.1 Å². The van der Waals surface area contributed by atoms with Crippen LogP contribution in [0.3, 0.4) is 0 Å². The Bertz CT molecular complexity index is 1500. The van der Waals surface area contributed by atoms with E-state index in [0.29, 0.717) is 21.5 Å². The first kappa shape index (κ1) is 23.5. The van der Waals surface area contributed by atoms with Gasteiger partial charge in [-0.15, -0.1) is 0 Å². The Labute approximate surface area is 202 Å². The van der Waals surface area contributed by atoms with E-state index in [2.05, 4.69) is 0 Å². The highest BCUT2D eigenvalue weighted by molar-refractivity contribution is 7.92. The Morgan fingerprint density at radius 1 is 0.971 bits per heavy atom. The molecule has 0 unspecified atom stereocenters. The molecule has 4 aromatic rings. The molecular formula is C25H21ClN2O5S. The molecule has 34 heavy (non-hydrogen) atoms. The van der Waals surface area contributed by atoms with E-state index in [4.69, 9.17) is 16.3 Å². The maximum Gasteiger partial charge on any atom is 0.340 e. The van der Waals surface area contributed by atoms with Crippen molar-refractivity contribution in [1.82, 2.24) is 4.57 Å². The van der Waals surface area contributed by atoms with Gasteiger partial charge in [0.2, 0.25) is 0 Å². The van der Waals surface area contributed by atoms with Gasteiger partial charge in [-0.25, -0.2) is 13.2 Å². The van der Waals surface area contributed by atoms with Crippen molar-refractivity contribution < 1.29 is 22.7 Å². The summed E-state index contributed by atoms with van der Waals surface area (Å²) >= 11 is 6.28. The first-order valence-electron chi connectivity index (χ1n) is 10.3. The molecule has 4 rings (SSSR count). The SMILES string of the molecule is COC(=O)c1cn(C(=O)CN(c2cccc(Cl)c2C)S(=O)(=O)c2ccccc2)c2ccccc12. The van der Waals surface area contributed by atoms with Gasteiger partial charge in [0.05, 0.1) is 28.8 Å². The number of sulfonamides is 1. The molecule has 0 aliphatic heterocycles. The minimum absolute atomic E-state index is 0.0368. The Kier molecular flexibility index (Phi) is 6.45. The fourth-order valence-corrected chi connectivity index (χ4v) is 5.41. The number of para-hydroxylation sites is 1. The number of carbonyl (C=O) groups is 2. The highest BCUT2D eigenvalue weighted by atomic mass is 35.5. The highest BCUT2D eigenvalue weighted by Gasteiger charge is 2.30. The number of ether oxygens (including phenoxy) is 1. The zero-order chi connectivity index (χ0) is 24.5. The third kappa shape index (κ3) is 4.18. The van der Waals surface area contributed by atoms with Crippen LogP contribution in [0.1, 0.15) is 20.7 Å². The second-order valence-electron chi connectivity index (χ2n) is 7.52. The number of aromatic nitrogens is 1. The lowest BCUT2D eigenvalue weighted by Crippen LogP contribution is -2.38. The molecule has 0 bridgehead atoms. The number of esters is 1. The molecule has 0 aliphatic carbocycles. The lowest BCUT2D eigenvalue weighted by molar-refractivity contribution is 0.0603. The first-order chi connectivity index (χ1) is 16.3. The van der Waals surface area contributed by atoms with Gasteiger partial charge in [0, 0.05) is 16.6 Å². The quantitative estimate of drug-likeness (QED) is 0.353. The fraction of sp³-hybridized carbons (Fsp3) is 0.120. The van der Waals surface area contributed by atoms with Crippen molar-refractivity contribution in [3.8, 4) is 0 Å². The Balaban J connectivity index is 1.84. The third-order valence-electron chi connectivity index (χ3n) is 5.50. The van der Waals surface area contributed by atoms with E-state index in [9.17, 15) is 18.0 Å². The van der Waals surface area contributed by atoms with Crippen LogP contribution in [0.2, 0.25) is 5.02 Å². The molecule has 174 valence electrons. The zero-order valence-electron chi connectivity index (χ0n) is 18.4. The van der Waals surface area contributed by atoms with Crippen molar-refractivity contribution in [1.29, 1.82) is 0 Å². The molecule has 0 saturated carbocycles. The summed E-state index contributed by atoms with van der Waals surface area (Å²) in [5, 5.41) is 0.900. The number of halogens is 1. The molecule has 1 aromatic heterocycles. The summed E-state index contributed by atoms with van der Waals surface area (Å²) in [5.41, 5.74) is 1.48. The maximum absolute atomic E-state index is 13.6. The lowest BCUT2D eigenvalue weighted by Gasteiger charge is -2.26. The van der Waals surface area contributed by atoms with Gasteiger partial charge in [0.15, 0.2) is 0 Å². The van der Waals surface area contributed by atoms with Gasteiger partial charge in [-0.2, -0.15) is 0 Å². The van der Waals surface area contributed by atoms with Gasteiger partial charge < -0.3 is 4.74 Å². The second kappa shape index (κ2) is 9.32. The Morgan fingerprint density at radius 3 is 2.35 bits per heavy atom. The summed E-state index contributed by atoms with van der Waals surface area (Å²) in [7, 11) is -2.86. The van der Waals surface area contributed by atoms with E-state index in [1.54, 1.807) is 67.6 Å². The molecule has 0 saturated heterocycles. The summed E-state index contributed by atoms with van der Waals surface area (Å²) in [6.07, 6.45) is 1.37. The van der Waals surface area contributed by atoms with E-state index in [1.807, 2.05) is 0 Å². The van der Waals surface area contributed by atoms with Crippen LogP contribution >= 0.6 is 11.6 Å². The molecule has 1 heterocycles. The van der Waals surface area contributed by atoms with Crippen LogP contribution < -0.4 is 4.31 Å². The molecule has 0 amide bonds. The van der Waals surface area contributed by atoms with Crippen LogP contribution in [0.25, 0.3) is 10.9 Å². The average Bonchev–Trinajstić information content (AvgIpc) is 3.24. The van der Waals surface area contributed by atoms with Gasteiger partial charge in [0.1, 0.15) is 6.54 Å². The number of hydrogen-bond donors (Lipinski definition) is 0. The van der Waals surface area contributed by atoms with Crippen molar-refractivity contribution >= 4 is 50.1 Å². The highest BCUT2D eigenvalue weighted by Crippen LogP contribution is 2.31. The normalized spacial score (nSPS) is 11.4. The summed E-state index contributed by atoms with van der Waals surface area (Å²) in [5.74, 6) is -1.15. The number of nitrogens with zero attached hydrogens (tertiary/aromatic N) is 2. The zero-order valence-corrected chi connectivity index (χ0v) is 20.0. The summed E-state index contributed by atoms with van der Waals surface area (Å²) in [6, 6.07) is 19.6. The standard InChI is InChI=1S/C25H21ClN2O5S/c1-17-21(26)12-8-14-22(17)28(34(31,32)18-9-4-3-5-10-18)16-24(29)27-15-20(25(30)33-2)19-11-6-7-13-23(19)27/h3-15H,16H2,1-2H3. The maximum atomic E-state index is 13.6.